The predicted octanol–water partition coefficient (Wildman–Crippen LogP) is 0.445. The maximum absolute atomic E-state index is 5.08. The lowest BCUT2D eigenvalue weighted by Gasteiger charge is -2.29. The van der Waals surface area contributed by atoms with Crippen molar-refractivity contribution in [3.05, 3.63) is 18.2 Å². The van der Waals surface area contributed by atoms with Crippen LogP contribution < -0.4 is 10.2 Å². The lowest BCUT2D eigenvalue weighted by atomic mass is 10.2. The molecule has 0 aliphatic carbocycles. The highest BCUT2D eigenvalue weighted by Crippen LogP contribution is 2.20. The summed E-state index contributed by atoms with van der Waals surface area (Å²) >= 11 is 0. The fourth-order valence-electron chi connectivity index (χ4n) is 2.30. The minimum absolute atomic E-state index is 0.434. The molecule has 0 bridgehead atoms. The number of nitrogens with one attached hydrogen (secondary N) is 1. The molecule has 3 rings (SSSR count). The molecule has 6 heteroatoms. The number of methoxy groups -OCH3 is 1. The first kappa shape index (κ1) is 11.4. The van der Waals surface area contributed by atoms with E-state index in [2.05, 4.69) is 38.7 Å². The smallest absolute Gasteiger partial charge is 0.141 e. The highest BCUT2D eigenvalue weighted by Gasteiger charge is 2.12. The maximum Gasteiger partial charge on any atom is 0.141 e. The molecule has 1 aliphatic heterocycles. The van der Waals surface area contributed by atoms with Gasteiger partial charge in [0, 0.05) is 39.0 Å². The lowest BCUT2D eigenvalue weighted by molar-refractivity contribution is 0.122. The van der Waals surface area contributed by atoms with Crippen LogP contribution in [0.5, 0.6) is 0 Å². The van der Waals surface area contributed by atoms with Gasteiger partial charge in [0.2, 0.25) is 0 Å². The quantitative estimate of drug-likeness (QED) is 0.853. The predicted molar refractivity (Wildman–Crippen MR) is 69.6 cm³/mol. The second-order valence-electron chi connectivity index (χ2n) is 4.42. The van der Waals surface area contributed by atoms with Crippen molar-refractivity contribution < 1.29 is 4.74 Å². The number of hydrogen-bond donors (Lipinski definition) is 1. The van der Waals surface area contributed by atoms with Crippen LogP contribution in [0.4, 0.5) is 5.69 Å². The zero-order valence-electron chi connectivity index (χ0n) is 10.5. The van der Waals surface area contributed by atoms with Crippen LogP contribution in [0.25, 0.3) is 11.0 Å². The van der Waals surface area contributed by atoms with E-state index in [1.807, 2.05) is 0 Å². The standard InChI is InChI=1S/C12H17N5O/c1-18-9-17-12-3-2-10(8-11(12)14-15-17)16-6-4-13-5-7-16/h2-3,8,13H,4-7,9H2,1H3. The SMILES string of the molecule is COCn1nnc2cc(N3CCNCC3)ccc21. The Morgan fingerprint density at radius 1 is 1.33 bits per heavy atom. The summed E-state index contributed by atoms with van der Waals surface area (Å²) in [6.45, 7) is 4.59. The highest BCUT2D eigenvalue weighted by molar-refractivity contribution is 5.79. The van der Waals surface area contributed by atoms with E-state index in [0.29, 0.717) is 6.73 Å². The minimum atomic E-state index is 0.434. The average molecular weight is 247 g/mol. The van der Waals surface area contributed by atoms with Crippen LogP contribution in [0.2, 0.25) is 0 Å². The first-order valence-corrected chi connectivity index (χ1v) is 6.16. The number of nitrogens with zero attached hydrogens (tertiary/aromatic N) is 4. The fraction of sp³-hybridized carbons (Fsp3) is 0.500. The fourth-order valence-corrected chi connectivity index (χ4v) is 2.30. The third-order valence-electron chi connectivity index (χ3n) is 3.23. The van der Waals surface area contributed by atoms with Gasteiger partial charge in [-0.15, -0.1) is 5.10 Å². The van der Waals surface area contributed by atoms with Crippen molar-refractivity contribution in [3.63, 3.8) is 0 Å². The first-order chi connectivity index (χ1) is 8.88. The van der Waals surface area contributed by atoms with Gasteiger partial charge >= 0.3 is 0 Å². The van der Waals surface area contributed by atoms with Crippen molar-refractivity contribution in [1.29, 1.82) is 0 Å². The summed E-state index contributed by atoms with van der Waals surface area (Å²) in [6, 6.07) is 6.29. The van der Waals surface area contributed by atoms with Crippen LogP contribution in [-0.4, -0.2) is 48.3 Å². The summed E-state index contributed by atoms with van der Waals surface area (Å²) in [4.78, 5) is 2.37. The van der Waals surface area contributed by atoms with Crippen LogP contribution in [0.15, 0.2) is 18.2 Å². The molecule has 2 heterocycles. The molecule has 1 aromatic heterocycles. The summed E-state index contributed by atoms with van der Waals surface area (Å²) in [6.07, 6.45) is 0. The molecule has 1 aromatic carbocycles. The van der Waals surface area contributed by atoms with Gasteiger partial charge in [0.15, 0.2) is 0 Å². The normalized spacial score (nSPS) is 16.4. The number of anilines is 1. The molecule has 2 aromatic rings. The molecule has 1 saturated heterocycles. The summed E-state index contributed by atoms with van der Waals surface area (Å²) < 4.78 is 6.84. The van der Waals surface area contributed by atoms with E-state index in [4.69, 9.17) is 4.74 Å². The Balaban J connectivity index is 1.91. The Morgan fingerprint density at radius 2 is 2.17 bits per heavy atom. The molecule has 0 unspecified atom stereocenters. The monoisotopic (exact) mass is 247 g/mol. The molecular formula is C12H17N5O. The Hall–Kier alpha value is -1.66. The minimum Gasteiger partial charge on any atom is -0.369 e. The Labute approximate surface area is 106 Å². The van der Waals surface area contributed by atoms with E-state index in [1.54, 1.807) is 11.8 Å². The molecule has 0 saturated carbocycles. The summed E-state index contributed by atoms with van der Waals surface area (Å²) in [5.41, 5.74) is 3.15. The number of rotatable bonds is 3. The Bertz CT molecular complexity index is 532. The van der Waals surface area contributed by atoms with Gasteiger partial charge in [-0.2, -0.15) is 0 Å². The average Bonchev–Trinajstić information content (AvgIpc) is 2.83. The van der Waals surface area contributed by atoms with Crippen molar-refractivity contribution in [2.75, 3.05) is 38.2 Å². The molecule has 96 valence electrons. The van der Waals surface area contributed by atoms with Gasteiger partial charge in [0.05, 0.1) is 5.52 Å². The van der Waals surface area contributed by atoms with Crippen molar-refractivity contribution in [3.8, 4) is 0 Å². The molecule has 1 aliphatic rings. The molecule has 1 fully saturated rings. The van der Waals surface area contributed by atoms with E-state index in [-0.39, 0.29) is 0 Å². The van der Waals surface area contributed by atoms with Crippen LogP contribution in [-0.2, 0) is 11.5 Å². The van der Waals surface area contributed by atoms with Crippen LogP contribution in [0, 0.1) is 0 Å². The molecule has 18 heavy (non-hydrogen) atoms. The number of aromatic nitrogens is 3. The number of benzene rings is 1. The third-order valence-corrected chi connectivity index (χ3v) is 3.23. The van der Waals surface area contributed by atoms with E-state index >= 15 is 0 Å². The molecule has 0 spiro atoms. The van der Waals surface area contributed by atoms with Gasteiger partial charge in [-0.1, -0.05) is 5.21 Å². The van der Waals surface area contributed by atoms with E-state index in [9.17, 15) is 0 Å². The molecule has 0 amide bonds. The van der Waals surface area contributed by atoms with Crippen LogP contribution >= 0.6 is 0 Å². The van der Waals surface area contributed by atoms with E-state index in [1.165, 1.54) is 5.69 Å². The molecular weight excluding hydrogens is 230 g/mol. The lowest BCUT2D eigenvalue weighted by Crippen LogP contribution is -2.43. The molecule has 0 radical (unpaired) electrons. The van der Waals surface area contributed by atoms with Crippen molar-refractivity contribution in [2.45, 2.75) is 6.73 Å². The van der Waals surface area contributed by atoms with Gasteiger partial charge in [0.1, 0.15) is 12.2 Å². The molecule has 6 nitrogen and oxygen atoms in total. The van der Waals surface area contributed by atoms with Gasteiger partial charge in [0.25, 0.3) is 0 Å². The van der Waals surface area contributed by atoms with Crippen molar-refractivity contribution in [2.24, 2.45) is 0 Å². The zero-order chi connectivity index (χ0) is 12.4. The molecule has 1 N–H and O–H groups in total. The number of piperazine rings is 1. The van der Waals surface area contributed by atoms with Gasteiger partial charge in [-0.25, -0.2) is 4.68 Å². The Kier molecular flexibility index (Phi) is 3.12. The molecule has 0 atom stereocenters. The highest BCUT2D eigenvalue weighted by atomic mass is 16.5. The number of hydrogen-bond acceptors (Lipinski definition) is 5. The van der Waals surface area contributed by atoms with Gasteiger partial charge in [-0.05, 0) is 18.2 Å². The zero-order valence-corrected chi connectivity index (χ0v) is 10.5. The summed E-state index contributed by atoms with van der Waals surface area (Å²) in [7, 11) is 1.66. The number of ether oxygens (including phenoxy) is 1. The van der Waals surface area contributed by atoms with Crippen LogP contribution in [0.3, 0.4) is 0 Å². The third kappa shape index (κ3) is 2.04. The van der Waals surface area contributed by atoms with Crippen LogP contribution in [0.1, 0.15) is 0 Å². The van der Waals surface area contributed by atoms with E-state index < -0.39 is 0 Å². The second kappa shape index (κ2) is 4.91. The first-order valence-electron chi connectivity index (χ1n) is 6.16. The van der Waals surface area contributed by atoms with Gasteiger partial charge < -0.3 is 15.0 Å². The Morgan fingerprint density at radius 3 is 2.94 bits per heavy atom. The largest absolute Gasteiger partial charge is 0.369 e. The van der Waals surface area contributed by atoms with Crippen molar-refractivity contribution >= 4 is 16.7 Å². The van der Waals surface area contributed by atoms with E-state index in [0.717, 1.165) is 37.2 Å². The topological polar surface area (TPSA) is 55.2 Å². The maximum atomic E-state index is 5.08. The number of fused-ring (bicyclic) bond motifs is 1. The summed E-state index contributed by atoms with van der Waals surface area (Å²) in [5, 5.41) is 11.6. The second-order valence-corrected chi connectivity index (χ2v) is 4.42. The van der Waals surface area contributed by atoms with Gasteiger partial charge in [-0.3, -0.25) is 0 Å². The van der Waals surface area contributed by atoms with Crippen molar-refractivity contribution in [1.82, 2.24) is 20.3 Å². The summed E-state index contributed by atoms with van der Waals surface area (Å²) in [5.74, 6) is 0.